The van der Waals surface area contributed by atoms with Gasteiger partial charge in [-0.2, -0.15) is 0 Å². The van der Waals surface area contributed by atoms with Crippen LogP contribution in [0.2, 0.25) is 0 Å². The Hall–Kier alpha value is -3.26. The third-order valence-corrected chi connectivity index (χ3v) is 6.12. The summed E-state index contributed by atoms with van der Waals surface area (Å²) in [6.07, 6.45) is 3.60. The molecule has 7 nitrogen and oxygen atoms in total. The number of thiophene rings is 1. The second-order valence-corrected chi connectivity index (χ2v) is 8.37. The number of furan rings is 1. The lowest BCUT2D eigenvalue weighted by molar-refractivity contribution is 0.0934. The minimum absolute atomic E-state index is 0.0865. The molecule has 1 atom stereocenters. The number of hydrogen-bond donors (Lipinski definition) is 2. The van der Waals surface area contributed by atoms with E-state index in [0.29, 0.717) is 29.0 Å². The highest BCUT2D eigenvalue weighted by molar-refractivity contribution is 7.18. The molecule has 1 aromatic carbocycles. The molecular weight excluding hydrogens is 404 g/mol. The molecule has 3 heterocycles. The van der Waals surface area contributed by atoms with Crippen LogP contribution in [0.1, 0.15) is 44.7 Å². The van der Waals surface area contributed by atoms with E-state index in [2.05, 4.69) is 10.6 Å². The second kappa shape index (κ2) is 7.87. The number of carbonyl (C=O) groups is 2. The van der Waals surface area contributed by atoms with Gasteiger partial charge in [0.15, 0.2) is 17.3 Å². The van der Waals surface area contributed by atoms with Crippen LogP contribution in [0.4, 0.5) is 5.00 Å². The SMILES string of the molecule is O=C(Nc1ccc(C(=O)NC(c2ccc3c(c2)OCCO3)C2CC2)s1)c1ccco1. The van der Waals surface area contributed by atoms with E-state index in [1.807, 2.05) is 18.2 Å². The quantitative estimate of drug-likeness (QED) is 0.618. The zero-order valence-corrected chi connectivity index (χ0v) is 16.9. The number of amides is 2. The molecule has 2 aromatic heterocycles. The molecule has 30 heavy (non-hydrogen) atoms. The van der Waals surface area contributed by atoms with Gasteiger partial charge in [-0.3, -0.25) is 9.59 Å². The number of anilines is 1. The molecule has 1 saturated carbocycles. The van der Waals surface area contributed by atoms with Gasteiger partial charge < -0.3 is 24.5 Å². The summed E-state index contributed by atoms with van der Waals surface area (Å²) in [5.74, 6) is 1.58. The van der Waals surface area contributed by atoms with Crippen molar-refractivity contribution in [2.45, 2.75) is 18.9 Å². The highest BCUT2D eigenvalue weighted by atomic mass is 32.1. The van der Waals surface area contributed by atoms with Gasteiger partial charge in [-0.05, 0) is 60.7 Å². The van der Waals surface area contributed by atoms with Gasteiger partial charge in [0.05, 0.1) is 22.2 Å². The number of fused-ring (bicyclic) bond motifs is 1. The first kappa shape index (κ1) is 18.7. The number of ether oxygens (including phenoxy) is 2. The van der Waals surface area contributed by atoms with Crippen LogP contribution >= 0.6 is 11.3 Å². The van der Waals surface area contributed by atoms with Gasteiger partial charge in [0.1, 0.15) is 13.2 Å². The average molecular weight is 424 g/mol. The van der Waals surface area contributed by atoms with Crippen molar-refractivity contribution < 1.29 is 23.5 Å². The lowest BCUT2D eigenvalue weighted by atomic mass is 10.0. The molecule has 2 N–H and O–H groups in total. The molecule has 154 valence electrons. The minimum atomic E-state index is -0.346. The van der Waals surface area contributed by atoms with Crippen LogP contribution in [0.25, 0.3) is 0 Å². The fraction of sp³-hybridized carbons (Fsp3) is 0.273. The van der Waals surface area contributed by atoms with E-state index >= 15 is 0 Å². The van der Waals surface area contributed by atoms with Crippen molar-refractivity contribution in [1.29, 1.82) is 0 Å². The van der Waals surface area contributed by atoms with Crippen LogP contribution in [-0.2, 0) is 0 Å². The first-order valence-electron chi connectivity index (χ1n) is 9.82. The van der Waals surface area contributed by atoms with Crippen molar-refractivity contribution in [1.82, 2.24) is 5.32 Å². The Morgan fingerprint density at radius 3 is 2.60 bits per heavy atom. The van der Waals surface area contributed by atoms with Gasteiger partial charge >= 0.3 is 0 Å². The summed E-state index contributed by atoms with van der Waals surface area (Å²) < 4.78 is 16.4. The highest BCUT2D eigenvalue weighted by Crippen LogP contribution is 2.43. The number of rotatable bonds is 6. The Morgan fingerprint density at radius 2 is 1.83 bits per heavy atom. The van der Waals surface area contributed by atoms with Crippen LogP contribution < -0.4 is 20.1 Å². The Morgan fingerprint density at radius 1 is 1.00 bits per heavy atom. The third kappa shape index (κ3) is 3.91. The molecule has 1 unspecified atom stereocenters. The van der Waals surface area contributed by atoms with Gasteiger partial charge in [0.2, 0.25) is 0 Å². The molecule has 2 aliphatic rings. The van der Waals surface area contributed by atoms with E-state index in [1.165, 1.54) is 17.6 Å². The number of carbonyl (C=O) groups excluding carboxylic acids is 2. The standard InChI is InChI=1S/C22H20N2O5S/c25-21(16-2-1-9-27-16)23-19-8-7-18(30-19)22(26)24-20(13-3-4-13)14-5-6-15-17(12-14)29-11-10-28-15/h1-2,5-9,12-13,20H,3-4,10-11H2,(H,23,25)(H,24,26). The van der Waals surface area contributed by atoms with Crippen molar-refractivity contribution in [3.8, 4) is 11.5 Å². The number of hydrogen-bond acceptors (Lipinski definition) is 6. The van der Waals surface area contributed by atoms with Crippen LogP contribution in [-0.4, -0.2) is 25.0 Å². The summed E-state index contributed by atoms with van der Waals surface area (Å²) in [7, 11) is 0. The van der Waals surface area contributed by atoms with Crippen molar-refractivity contribution in [3.63, 3.8) is 0 Å². The zero-order chi connectivity index (χ0) is 20.5. The van der Waals surface area contributed by atoms with Gasteiger partial charge in [-0.15, -0.1) is 11.3 Å². The largest absolute Gasteiger partial charge is 0.486 e. The molecule has 8 heteroatoms. The van der Waals surface area contributed by atoms with E-state index in [9.17, 15) is 9.59 Å². The average Bonchev–Trinajstić information content (AvgIpc) is 3.25. The smallest absolute Gasteiger partial charge is 0.291 e. The molecule has 1 fully saturated rings. The molecule has 3 aromatic rings. The third-order valence-electron chi connectivity index (χ3n) is 5.12. The van der Waals surface area contributed by atoms with Gasteiger partial charge in [-0.1, -0.05) is 6.07 Å². The molecule has 0 spiro atoms. The molecule has 5 rings (SSSR count). The molecule has 0 radical (unpaired) electrons. The Kier molecular flexibility index (Phi) is 4.92. The Labute approximate surface area is 177 Å². The Bertz CT molecular complexity index is 1070. The monoisotopic (exact) mass is 424 g/mol. The molecule has 1 aliphatic heterocycles. The van der Waals surface area contributed by atoms with Crippen LogP contribution in [0.3, 0.4) is 0 Å². The fourth-order valence-corrected chi connectivity index (χ4v) is 4.28. The second-order valence-electron chi connectivity index (χ2n) is 7.29. The highest BCUT2D eigenvalue weighted by Gasteiger charge is 2.34. The predicted molar refractivity (Wildman–Crippen MR) is 111 cm³/mol. The van der Waals surface area contributed by atoms with Crippen molar-refractivity contribution >= 4 is 28.2 Å². The van der Waals surface area contributed by atoms with Gasteiger partial charge in [-0.25, -0.2) is 0 Å². The molecule has 0 saturated heterocycles. The zero-order valence-electron chi connectivity index (χ0n) is 16.1. The van der Waals surface area contributed by atoms with Crippen LogP contribution in [0, 0.1) is 5.92 Å². The maximum atomic E-state index is 12.9. The minimum Gasteiger partial charge on any atom is -0.486 e. The summed E-state index contributed by atoms with van der Waals surface area (Å²) in [5, 5.41) is 6.49. The van der Waals surface area contributed by atoms with E-state index in [-0.39, 0.29) is 23.6 Å². The van der Waals surface area contributed by atoms with E-state index in [0.717, 1.165) is 29.9 Å². The fourth-order valence-electron chi connectivity index (χ4n) is 3.48. The topological polar surface area (TPSA) is 89.8 Å². The summed E-state index contributed by atoms with van der Waals surface area (Å²) in [6, 6.07) is 12.4. The molecule has 1 aliphatic carbocycles. The number of benzene rings is 1. The van der Waals surface area contributed by atoms with Crippen molar-refractivity contribution in [2.24, 2.45) is 5.92 Å². The lowest BCUT2D eigenvalue weighted by Gasteiger charge is -2.23. The maximum absolute atomic E-state index is 12.9. The van der Waals surface area contributed by atoms with Crippen molar-refractivity contribution in [2.75, 3.05) is 18.5 Å². The predicted octanol–water partition coefficient (Wildman–Crippen LogP) is 4.25. The van der Waals surface area contributed by atoms with Crippen LogP contribution in [0.15, 0.2) is 53.1 Å². The van der Waals surface area contributed by atoms with Gasteiger partial charge in [0, 0.05) is 0 Å². The molecule has 0 bridgehead atoms. The van der Waals surface area contributed by atoms with Crippen LogP contribution in [0.5, 0.6) is 11.5 Å². The van der Waals surface area contributed by atoms with E-state index < -0.39 is 0 Å². The first-order valence-corrected chi connectivity index (χ1v) is 10.6. The van der Waals surface area contributed by atoms with Crippen molar-refractivity contribution in [3.05, 3.63) is 64.9 Å². The van der Waals surface area contributed by atoms with E-state index in [1.54, 1.807) is 24.3 Å². The summed E-state index contributed by atoms with van der Waals surface area (Å²) in [6.45, 7) is 1.07. The van der Waals surface area contributed by atoms with Gasteiger partial charge in [0.25, 0.3) is 11.8 Å². The summed E-state index contributed by atoms with van der Waals surface area (Å²) >= 11 is 1.23. The molecule has 2 amide bonds. The van der Waals surface area contributed by atoms with E-state index in [4.69, 9.17) is 13.9 Å². The summed E-state index contributed by atoms with van der Waals surface area (Å²) in [5.41, 5.74) is 1.01. The first-order chi connectivity index (χ1) is 14.7. The lowest BCUT2D eigenvalue weighted by Crippen LogP contribution is -2.29. The maximum Gasteiger partial charge on any atom is 0.291 e. The summed E-state index contributed by atoms with van der Waals surface area (Å²) in [4.78, 5) is 25.5. The normalized spacial score (nSPS) is 16.0. The number of nitrogens with one attached hydrogen (secondary N) is 2. The molecular formula is C22H20N2O5S. The Balaban J connectivity index is 1.29.